The first kappa shape index (κ1) is 24.4. The van der Waals surface area contributed by atoms with Crippen LogP contribution in [0.15, 0.2) is 48.5 Å². The van der Waals surface area contributed by atoms with Crippen molar-refractivity contribution in [2.45, 2.75) is 59.8 Å². The van der Waals surface area contributed by atoms with E-state index in [4.69, 9.17) is 9.47 Å². The van der Waals surface area contributed by atoms with E-state index < -0.39 is 11.9 Å². The molecule has 0 N–H and O–H groups in total. The van der Waals surface area contributed by atoms with Crippen LogP contribution in [0.5, 0.6) is 0 Å². The largest absolute Gasteiger partial charge is 0.462 e. The van der Waals surface area contributed by atoms with Crippen molar-refractivity contribution in [2.24, 2.45) is 0 Å². The fraction of sp³-hybridized carbons (Fsp3) is 0.440. The molecule has 29 heavy (non-hydrogen) atoms. The van der Waals surface area contributed by atoms with Gasteiger partial charge in [0, 0.05) is 0 Å². The SMILES string of the molecule is CCCCOC(=O)c1ccccc1C(=O)OCCCC.CCc1ccc(C)cc1. The molecule has 0 heterocycles. The monoisotopic (exact) mass is 398 g/mol. The first-order chi connectivity index (χ1) is 14.0. The lowest BCUT2D eigenvalue weighted by Gasteiger charge is -2.09. The molecule has 0 atom stereocenters. The quantitative estimate of drug-likeness (QED) is 0.375. The van der Waals surface area contributed by atoms with Crippen molar-refractivity contribution < 1.29 is 19.1 Å². The number of hydrogen-bond acceptors (Lipinski definition) is 4. The van der Waals surface area contributed by atoms with Gasteiger partial charge in [0.1, 0.15) is 0 Å². The van der Waals surface area contributed by atoms with Crippen LogP contribution in [-0.4, -0.2) is 25.2 Å². The summed E-state index contributed by atoms with van der Waals surface area (Å²) in [6, 6.07) is 15.2. The molecule has 4 heteroatoms. The molecule has 0 saturated carbocycles. The number of benzene rings is 2. The molecule has 0 aromatic heterocycles. The molecule has 0 unspecified atom stereocenters. The molecule has 2 aromatic carbocycles. The molecular formula is C25H34O4. The van der Waals surface area contributed by atoms with Crippen molar-refractivity contribution in [2.75, 3.05) is 13.2 Å². The Labute approximate surface area is 175 Å². The second-order valence-electron chi connectivity index (χ2n) is 6.86. The summed E-state index contributed by atoms with van der Waals surface area (Å²) in [7, 11) is 0. The van der Waals surface area contributed by atoms with Gasteiger partial charge in [-0.15, -0.1) is 0 Å². The van der Waals surface area contributed by atoms with E-state index in [-0.39, 0.29) is 11.1 Å². The van der Waals surface area contributed by atoms with Gasteiger partial charge in [0.2, 0.25) is 0 Å². The van der Waals surface area contributed by atoms with Crippen molar-refractivity contribution >= 4 is 11.9 Å². The van der Waals surface area contributed by atoms with E-state index in [1.807, 2.05) is 13.8 Å². The Hall–Kier alpha value is -2.62. The van der Waals surface area contributed by atoms with Crippen LogP contribution in [0.25, 0.3) is 0 Å². The number of ether oxygens (including phenoxy) is 2. The first-order valence-corrected chi connectivity index (χ1v) is 10.5. The van der Waals surface area contributed by atoms with Crippen molar-refractivity contribution in [1.82, 2.24) is 0 Å². The molecule has 0 aliphatic heterocycles. The lowest BCUT2D eigenvalue weighted by molar-refractivity contribution is 0.0452. The minimum absolute atomic E-state index is 0.269. The highest BCUT2D eigenvalue weighted by atomic mass is 16.5. The zero-order valence-electron chi connectivity index (χ0n) is 18.2. The Kier molecular flexibility index (Phi) is 12.1. The number of hydrogen-bond donors (Lipinski definition) is 0. The third-order valence-corrected chi connectivity index (χ3v) is 4.36. The summed E-state index contributed by atoms with van der Waals surface area (Å²) in [5.41, 5.74) is 3.29. The van der Waals surface area contributed by atoms with Crippen LogP contribution >= 0.6 is 0 Å². The number of rotatable bonds is 9. The van der Waals surface area contributed by atoms with Crippen molar-refractivity contribution in [1.29, 1.82) is 0 Å². The van der Waals surface area contributed by atoms with Crippen LogP contribution in [0.3, 0.4) is 0 Å². The molecule has 0 amide bonds. The number of carbonyl (C=O) groups is 2. The molecule has 2 aromatic rings. The first-order valence-electron chi connectivity index (χ1n) is 10.5. The van der Waals surface area contributed by atoms with Crippen LogP contribution in [0.1, 0.15) is 78.3 Å². The van der Waals surface area contributed by atoms with Gasteiger partial charge in [0.15, 0.2) is 0 Å². The Bertz CT molecular complexity index is 694. The summed E-state index contributed by atoms with van der Waals surface area (Å²) in [5.74, 6) is -0.942. The van der Waals surface area contributed by atoms with Crippen molar-refractivity contribution in [3.63, 3.8) is 0 Å². The molecule has 4 nitrogen and oxygen atoms in total. The molecule has 0 spiro atoms. The van der Waals surface area contributed by atoms with Gasteiger partial charge in [-0.2, -0.15) is 0 Å². The summed E-state index contributed by atoms with van der Waals surface area (Å²) in [5, 5.41) is 0. The van der Waals surface area contributed by atoms with Crippen LogP contribution in [0, 0.1) is 6.92 Å². The molecule has 0 fully saturated rings. The third kappa shape index (κ3) is 9.42. The minimum atomic E-state index is -0.471. The minimum Gasteiger partial charge on any atom is -0.462 e. The normalized spacial score (nSPS) is 9.93. The highest BCUT2D eigenvalue weighted by molar-refractivity contribution is 6.03. The van der Waals surface area contributed by atoms with Crippen LogP contribution in [-0.2, 0) is 15.9 Å². The molecule has 0 radical (unpaired) electrons. The second-order valence-corrected chi connectivity index (χ2v) is 6.86. The number of esters is 2. The smallest absolute Gasteiger partial charge is 0.339 e. The van der Waals surface area contributed by atoms with Gasteiger partial charge in [-0.3, -0.25) is 0 Å². The maximum absolute atomic E-state index is 11.9. The van der Waals surface area contributed by atoms with Gasteiger partial charge in [-0.1, -0.05) is 75.6 Å². The van der Waals surface area contributed by atoms with E-state index in [0.29, 0.717) is 13.2 Å². The average Bonchev–Trinajstić information content (AvgIpc) is 2.75. The van der Waals surface area contributed by atoms with E-state index in [1.54, 1.807) is 24.3 Å². The van der Waals surface area contributed by atoms with E-state index >= 15 is 0 Å². The lowest BCUT2D eigenvalue weighted by atomic mass is 10.1. The topological polar surface area (TPSA) is 52.6 Å². The molecule has 0 saturated heterocycles. The summed E-state index contributed by atoms with van der Waals surface area (Å²) >= 11 is 0. The van der Waals surface area contributed by atoms with E-state index in [0.717, 1.165) is 32.1 Å². The molecule has 158 valence electrons. The van der Waals surface area contributed by atoms with E-state index in [1.165, 1.54) is 11.1 Å². The summed E-state index contributed by atoms with van der Waals surface area (Å²) in [6.45, 7) is 9.06. The summed E-state index contributed by atoms with van der Waals surface area (Å²) in [4.78, 5) is 23.9. The van der Waals surface area contributed by atoms with Crippen LogP contribution in [0.2, 0.25) is 0 Å². The number of unbranched alkanes of at least 4 members (excludes halogenated alkanes) is 2. The fourth-order valence-electron chi connectivity index (χ4n) is 2.44. The fourth-order valence-corrected chi connectivity index (χ4v) is 2.44. The molecular weight excluding hydrogens is 364 g/mol. The Morgan fingerprint density at radius 1 is 0.724 bits per heavy atom. The van der Waals surface area contributed by atoms with Gasteiger partial charge in [0.25, 0.3) is 0 Å². The van der Waals surface area contributed by atoms with Crippen molar-refractivity contribution in [3.05, 3.63) is 70.8 Å². The zero-order chi connectivity index (χ0) is 21.5. The molecule has 0 aliphatic carbocycles. The van der Waals surface area contributed by atoms with Gasteiger partial charge >= 0.3 is 11.9 Å². The lowest BCUT2D eigenvalue weighted by Crippen LogP contribution is -2.14. The summed E-state index contributed by atoms with van der Waals surface area (Å²) < 4.78 is 10.3. The molecule has 2 rings (SSSR count). The molecule has 0 bridgehead atoms. The van der Waals surface area contributed by atoms with Crippen LogP contribution in [0.4, 0.5) is 0 Å². The maximum Gasteiger partial charge on any atom is 0.339 e. The number of aryl methyl sites for hydroxylation is 2. The predicted molar refractivity (Wildman–Crippen MR) is 117 cm³/mol. The Morgan fingerprint density at radius 2 is 1.17 bits per heavy atom. The average molecular weight is 399 g/mol. The number of carbonyl (C=O) groups excluding carboxylic acids is 2. The Morgan fingerprint density at radius 3 is 1.55 bits per heavy atom. The predicted octanol–water partition coefficient (Wildman–Crippen LogP) is 6.16. The summed E-state index contributed by atoms with van der Waals surface area (Å²) in [6.07, 6.45) is 4.67. The van der Waals surface area contributed by atoms with Gasteiger partial charge in [-0.25, -0.2) is 9.59 Å². The zero-order valence-corrected chi connectivity index (χ0v) is 18.2. The maximum atomic E-state index is 11.9. The van der Waals surface area contributed by atoms with Gasteiger partial charge < -0.3 is 9.47 Å². The van der Waals surface area contributed by atoms with Gasteiger partial charge in [-0.05, 0) is 43.9 Å². The molecule has 0 aliphatic rings. The highest BCUT2D eigenvalue weighted by Crippen LogP contribution is 2.12. The van der Waals surface area contributed by atoms with Crippen molar-refractivity contribution in [3.8, 4) is 0 Å². The van der Waals surface area contributed by atoms with E-state index in [9.17, 15) is 9.59 Å². The second kappa shape index (κ2) is 14.4. The van der Waals surface area contributed by atoms with Crippen LogP contribution < -0.4 is 0 Å². The standard InChI is InChI=1S/C16H22O4.C9H12/c1-3-5-11-19-15(17)13-9-7-8-10-14(13)16(18)20-12-6-4-2;1-3-9-6-4-8(2)5-7-9/h7-10H,3-6,11-12H2,1-2H3;4-7H,3H2,1-2H3. The van der Waals surface area contributed by atoms with Gasteiger partial charge in [0.05, 0.1) is 24.3 Å². The van der Waals surface area contributed by atoms with E-state index in [2.05, 4.69) is 38.1 Å². The third-order valence-electron chi connectivity index (χ3n) is 4.36. The Balaban J connectivity index is 0.000000387. The highest BCUT2D eigenvalue weighted by Gasteiger charge is 2.18.